The number of hydrogen-bond acceptors (Lipinski definition) is 1. The van der Waals surface area contributed by atoms with E-state index in [0.29, 0.717) is 6.04 Å². The van der Waals surface area contributed by atoms with Crippen LogP contribution in [0.5, 0.6) is 0 Å². The smallest absolute Gasteiger partial charge is 0.0449 e. The highest BCUT2D eigenvalue weighted by Crippen LogP contribution is 2.24. The van der Waals surface area contributed by atoms with Gasteiger partial charge in [-0.2, -0.15) is 0 Å². The van der Waals surface area contributed by atoms with Crippen molar-refractivity contribution in [2.75, 3.05) is 6.54 Å². The van der Waals surface area contributed by atoms with E-state index in [1.54, 1.807) is 0 Å². The first-order valence-electron chi connectivity index (χ1n) is 7.01. The summed E-state index contributed by atoms with van der Waals surface area (Å²) in [7, 11) is 0. The Balaban J connectivity index is 2.14. The van der Waals surface area contributed by atoms with Crippen LogP contribution >= 0.6 is 43.5 Å². The molecule has 2 rings (SSSR count). The summed E-state index contributed by atoms with van der Waals surface area (Å²) >= 11 is 13.4. The highest BCUT2D eigenvalue weighted by Gasteiger charge is 2.13. The summed E-state index contributed by atoms with van der Waals surface area (Å²) < 4.78 is 2.18. The maximum atomic E-state index is 6.34. The van der Waals surface area contributed by atoms with E-state index in [9.17, 15) is 0 Å². The molecule has 2 aromatic rings. The van der Waals surface area contributed by atoms with E-state index in [1.165, 1.54) is 11.1 Å². The minimum Gasteiger partial charge on any atom is -0.314 e. The van der Waals surface area contributed by atoms with Crippen LogP contribution in [0.1, 0.15) is 18.1 Å². The molecule has 1 nitrogen and oxygen atoms in total. The molecule has 0 aliphatic heterocycles. The van der Waals surface area contributed by atoms with Gasteiger partial charge in [0.25, 0.3) is 0 Å². The zero-order chi connectivity index (χ0) is 15.2. The molecule has 0 spiro atoms. The molecule has 112 valence electrons. The van der Waals surface area contributed by atoms with Gasteiger partial charge in [0.1, 0.15) is 0 Å². The average molecular weight is 432 g/mol. The zero-order valence-corrected chi connectivity index (χ0v) is 15.8. The van der Waals surface area contributed by atoms with Crippen LogP contribution in [0, 0.1) is 0 Å². The second-order valence-corrected chi connectivity index (χ2v) is 7.17. The van der Waals surface area contributed by atoms with Crippen LogP contribution in [0.3, 0.4) is 0 Å². The van der Waals surface area contributed by atoms with E-state index in [-0.39, 0.29) is 0 Å². The third-order valence-electron chi connectivity index (χ3n) is 3.40. The Hall–Kier alpha value is -0.350. The number of likely N-dealkylation sites (N-methyl/N-ethyl adjacent to an activating group) is 1. The fraction of sp³-hybridized carbons (Fsp3) is 0.294. The molecule has 0 amide bonds. The van der Waals surface area contributed by atoms with E-state index in [0.717, 1.165) is 33.4 Å². The number of hydrogen-bond donors (Lipinski definition) is 1. The molecule has 0 aliphatic carbocycles. The molecule has 0 bridgehead atoms. The lowest BCUT2D eigenvalue weighted by Crippen LogP contribution is -2.33. The van der Waals surface area contributed by atoms with Crippen LogP contribution < -0.4 is 5.32 Å². The molecular formula is C17H18Br2ClN. The lowest BCUT2D eigenvalue weighted by molar-refractivity contribution is 0.521. The van der Waals surface area contributed by atoms with Gasteiger partial charge in [0.05, 0.1) is 0 Å². The van der Waals surface area contributed by atoms with Crippen molar-refractivity contribution in [1.29, 1.82) is 0 Å². The topological polar surface area (TPSA) is 12.0 Å². The standard InChI is InChI=1S/C17H18Br2ClN/c1-2-21-15(9-12-5-3-4-6-16(12)19)10-13-7-8-14(18)11-17(13)20/h3-8,11,15,21H,2,9-10H2,1H3. The van der Waals surface area contributed by atoms with Crippen LogP contribution in [0.2, 0.25) is 5.02 Å². The predicted octanol–water partition coefficient (Wildman–Crippen LogP) is 5.63. The Morgan fingerprint density at radius 2 is 1.76 bits per heavy atom. The first-order chi connectivity index (χ1) is 10.1. The SMILES string of the molecule is CCNC(Cc1ccc(Br)cc1Cl)Cc1ccccc1Br. The molecule has 0 aliphatic rings. The molecular weight excluding hydrogens is 413 g/mol. The van der Waals surface area contributed by atoms with Gasteiger partial charge in [-0.1, -0.05) is 74.7 Å². The van der Waals surface area contributed by atoms with Gasteiger partial charge in [-0.15, -0.1) is 0 Å². The van der Waals surface area contributed by atoms with Gasteiger partial charge in [0, 0.05) is 20.0 Å². The Labute approximate surface area is 148 Å². The van der Waals surface area contributed by atoms with Crippen molar-refractivity contribution in [2.24, 2.45) is 0 Å². The molecule has 0 radical (unpaired) electrons. The lowest BCUT2D eigenvalue weighted by atomic mass is 9.99. The van der Waals surface area contributed by atoms with Crippen LogP contribution in [0.15, 0.2) is 51.4 Å². The summed E-state index contributed by atoms with van der Waals surface area (Å²) in [5.74, 6) is 0. The van der Waals surface area contributed by atoms with Crippen LogP contribution in [-0.4, -0.2) is 12.6 Å². The Morgan fingerprint density at radius 1 is 1.05 bits per heavy atom. The van der Waals surface area contributed by atoms with E-state index in [2.05, 4.69) is 68.4 Å². The minimum atomic E-state index is 0.368. The van der Waals surface area contributed by atoms with E-state index in [4.69, 9.17) is 11.6 Å². The van der Waals surface area contributed by atoms with Crippen molar-refractivity contribution in [2.45, 2.75) is 25.8 Å². The molecule has 0 saturated carbocycles. The summed E-state index contributed by atoms with van der Waals surface area (Å²) in [6.07, 6.45) is 1.89. The Bertz CT molecular complexity index is 601. The van der Waals surface area contributed by atoms with Crippen molar-refractivity contribution in [3.63, 3.8) is 0 Å². The molecule has 1 atom stereocenters. The largest absolute Gasteiger partial charge is 0.314 e. The number of halogens is 3. The van der Waals surface area contributed by atoms with Crippen molar-refractivity contribution in [3.05, 3.63) is 67.6 Å². The van der Waals surface area contributed by atoms with Crippen LogP contribution in [0.4, 0.5) is 0 Å². The van der Waals surface area contributed by atoms with Gasteiger partial charge in [0.15, 0.2) is 0 Å². The summed E-state index contributed by atoms with van der Waals surface area (Å²) in [6, 6.07) is 14.8. The maximum absolute atomic E-state index is 6.34. The molecule has 0 fully saturated rings. The van der Waals surface area contributed by atoms with Gasteiger partial charge >= 0.3 is 0 Å². The zero-order valence-electron chi connectivity index (χ0n) is 11.9. The van der Waals surface area contributed by atoms with Crippen molar-refractivity contribution >= 4 is 43.5 Å². The molecule has 0 saturated heterocycles. The Kier molecular flexibility index (Phi) is 6.74. The molecule has 0 heterocycles. The van der Waals surface area contributed by atoms with Gasteiger partial charge in [-0.3, -0.25) is 0 Å². The van der Waals surface area contributed by atoms with E-state index in [1.807, 2.05) is 18.2 Å². The molecule has 0 aromatic heterocycles. The highest BCUT2D eigenvalue weighted by atomic mass is 79.9. The van der Waals surface area contributed by atoms with Gasteiger partial charge in [0.2, 0.25) is 0 Å². The molecule has 21 heavy (non-hydrogen) atoms. The van der Waals surface area contributed by atoms with Gasteiger partial charge < -0.3 is 5.32 Å². The third kappa shape index (κ3) is 5.10. The molecule has 1 N–H and O–H groups in total. The third-order valence-corrected chi connectivity index (χ3v) is 5.02. The lowest BCUT2D eigenvalue weighted by Gasteiger charge is -2.19. The fourth-order valence-corrected chi connectivity index (χ4v) is 3.58. The van der Waals surface area contributed by atoms with E-state index >= 15 is 0 Å². The predicted molar refractivity (Wildman–Crippen MR) is 98.2 cm³/mol. The monoisotopic (exact) mass is 429 g/mol. The number of rotatable bonds is 6. The van der Waals surface area contributed by atoms with Crippen LogP contribution in [0.25, 0.3) is 0 Å². The minimum absolute atomic E-state index is 0.368. The Morgan fingerprint density at radius 3 is 2.43 bits per heavy atom. The second kappa shape index (κ2) is 8.33. The summed E-state index contributed by atoms with van der Waals surface area (Å²) in [6.45, 7) is 3.08. The van der Waals surface area contributed by atoms with Crippen molar-refractivity contribution in [3.8, 4) is 0 Å². The summed E-state index contributed by atoms with van der Waals surface area (Å²) in [5.41, 5.74) is 2.49. The van der Waals surface area contributed by atoms with E-state index < -0.39 is 0 Å². The summed E-state index contributed by atoms with van der Waals surface area (Å²) in [5, 5.41) is 4.38. The fourth-order valence-electron chi connectivity index (χ4n) is 2.39. The second-order valence-electron chi connectivity index (χ2n) is 4.99. The van der Waals surface area contributed by atoms with Crippen LogP contribution in [-0.2, 0) is 12.8 Å². The first kappa shape index (κ1) is 17.0. The maximum Gasteiger partial charge on any atom is 0.0449 e. The van der Waals surface area contributed by atoms with Crippen molar-refractivity contribution < 1.29 is 0 Å². The summed E-state index contributed by atoms with van der Waals surface area (Å²) in [4.78, 5) is 0. The van der Waals surface area contributed by atoms with Gasteiger partial charge in [-0.05, 0) is 48.7 Å². The number of benzene rings is 2. The quantitative estimate of drug-likeness (QED) is 0.625. The molecule has 2 aromatic carbocycles. The molecule has 4 heteroatoms. The normalized spacial score (nSPS) is 12.4. The first-order valence-corrected chi connectivity index (χ1v) is 8.97. The highest BCUT2D eigenvalue weighted by molar-refractivity contribution is 9.10. The average Bonchev–Trinajstić information content (AvgIpc) is 2.44. The van der Waals surface area contributed by atoms with Gasteiger partial charge in [-0.25, -0.2) is 0 Å². The van der Waals surface area contributed by atoms with Crippen molar-refractivity contribution in [1.82, 2.24) is 5.32 Å². The number of nitrogens with one attached hydrogen (secondary N) is 1. The molecule has 1 unspecified atom stereocenters.